The number of fused-ring (bicyclic) bond motifs is 1. The number of nitrogens with zero attached hydrogens (tertiary/aromatic N) is 2. The van der Waals surface area contributed by atoms with Gasteiger partial charge < -0.3 is 9.73 Å². The second kappa shape index (κ2) is 7.90. The van der Waals surface area contributed by atoms with Crippen LogP contribution in [0.2, 0.25) is 5.02 Å². The van der Waals surface area contributed by atoms with Gasteiger partial charge in [-0.3, -0.25) is 15.1 Å². The van der Waals surface area contributed by atoms with Crippen LogP contribution in [-0.4, -0.2) is 21.8 Å². The Labute approximate surface area is 173 Å². The maximum absolute atomic E-state index is 12.5. The van der Waals surface area contributed by atoms with Crippen molar-refractivity contribution in [3.63, 3.8) is 0 Å². The smallest absolute Gasteiger partial charge is 0.408 e. The van der Waals surface area contributed by atoms with Crippen LogP contribution in [0.4, 0.5) is 11.4 Å². The molecule has 0 saturated carbocycles. The number of thiazole rings is 1. The van der Waals surface area contributed by atoms with E-state index in [1.807, 2.05) is 6.92 Å². The summed E-state index contributed by atoms with van der Waals surface area (Å²) in [6.45, 7) is 1.82. The highest BCUT2D eigenvalue weighted by molar-refractivity contribution is 7.09. The molecule has 146 valence electrons. The van der Waals surface area contributed by atoms with Crippen LogP contribution in [0, 0.1) is 6.92 Å². The molecule has 0 bridgehead atoms. The number of carbonyl (C=O) groups excluding carboxylic acids is 1. The van der Waals surface area contributed by atoms with Crippen molar-refractivity contribution in [2.75, 3.05) is 5.32 Å². The minimum Gasteiger partial charge on any atom is -0.408 e. The van der Waals surface area contributed by atoms with Crippen molar-refractivity contribution in [1.82, 2.24) is 15.3 Å². The highest BCUT2D eigenvalue weighted by atomic mass is 35.5. The van der Waals surface area contributed by atoms with E-state index in [1.165, 1.54) is 11.3 Å². The van der Waals surface area contributed by atoms with Gasteiger partial charge in [0.15, 0.2) is 5.58 Å². The lowest BCUT2D eigenvalue weighted by atomic mass is 10.3. The summed E-state index contributed by atoms with van der Waals surface area (Å²) in [7, 11) is 0. The van der Waals surface area contributed by atoms with Crippen LogP contribution < -0.4 is 16.4 Å². The van der Waals surface area contributed by atoms with Crippen LogP contribution >= 0.6 is 22.9 Å². The van der Waals surface area contributed by atoms with Gasteiger partial charge in [0, 0.05) is 22.2 Å². The van der Waals surface area contributed by atoms with E-state index in [-0.39, 0.29) is 5.96 Å². The zero-order valence-electron chi connectivity index (χ0n) is 15.0. The average molecular weight is 428 g/mol. The standard InChI is InChI=1S/C19H14ClN5O3S/c1-10-21-15(9-29-10)17(26)25-18(22-12-4-2-11(20)3-5-12)23-13-6-7-14-16(8-13)28-19(27)24-14/h2-9H,1H3,(H,24,27)(H2,22,23,25,26). The van der Waals surface area contributed by atoms with Gasteiger partial charge in [0.1, 0.15) is 5.69 Å². The first kappa shape index (κ1) is 18.9. The molecule has 1 amide bonds. The molecule has 0 fully saturated rings. The SMILES string of the molecule is Cc1nc(C(=O)NC(=Nc2ccc(Cl)cc2)Nc2ccc3[nH]c(=O)oc3c2)cs1. The minimum atomic E-state index is -0.542. The van der Waals surface area contributed by atoms with Crippen molar-refractivity contribution in [1.29, 1.82) is 0 Å². The van der Waals surface area contributed by atoms with Crippen LogP contribution in [-0.2, 0) is 0 Å². The molecule has 3 N–H and O–H groups in total. The quantitative estimate of drug-likeness (QED) is 0.337. The van der Waals surface area contributed by atoms with Crippen LogP contribution in [0.25, 0.3) is 11.1 Å². The third-order valence-electron chi connectivity index (χ3n) is 3.83. The van der Waals surface area contributed by atoms with Crippen LogP contribution in [0.15, 0.2) is 62.0 Å². The van der Waals surface area contributed by atoms with E-state index in [4.69, 9.17) is 16.0 Å². The third-order valence-corrected chi connectivity index (χ3v) is 4.86. The molecule has 0 unspecified atom stereocenters. The number of anilines is 1. The number of aromatic amines is 1. The van der Waals surface area contributed by atoms with Crippen LogP contribution in [0.5, 0.6) is 0 Å². The maximum Gasteiger partial charge on any atom is 0.417 e. The number of halogens is 1. The normalized spacial score (nSPS) is 11.6. The van der Waals surface area contributed by atoms with Gasteiger partial charge in [-0.25, -0.2) is 14.8 Å². The molecule has 10 heteroatoms. The number of aliphatic imine (C=N–C) groups is 1. The van der Waals surface area contributed by atoms with Crippen molar-refractivity contribution >= 4 is 57.3 Å². The average Bonchev–Trinajstić information content (AvgIpc) is 3.28. The monoisotopic (exact) mass is 427 g/mol. The molecular weight excluding hydrogens is 414 g/mol. The molecule has 8 nitrogen and oxygen atoms in total. The summed E-state index contributed by atoms with van der Waals surface area (Å²) < 4.78 is 5.07. The maximum atomic E-state index is 12.5. The fourth-order valence-corrected chi connectivity index (χ4v) is 3.25. The summed E-state index contributed by atoms with van der Waals surface area (Å²) in [5, 5.41) is 8.79. The lowest BCUT2D eigenvalue weighted by molar-refractivity contribution is 0.0972. The van der Waals surface area contributed by atoms with Gasteiger partial charge >= 0.3 is 5.76 Å². The highest BCUT2D eigenvalue weighted by Gasteiger charge is 2.13. The predicted octanol–water partition coefficient (Wildman–Crippen LogP) is 4.07. The Morgan fingerprint density at radius 2 is 2.03 bits per heavy atom. The Morgan fingerprint density at radius 3 is 2.76 bits per heavy atom. The Morgan fingerprint density at radius 1 is 1.24 bits per heavy atom. The largest absolute Gasteiger partial charge is 0.417 e. The first-order chi connectivity index (χ1) is 14.0. The molecular formula is C19H14ClN5O3S. The summed E-state index contributed by atoms with van der Waals surface area (Å²) in [5.41, 5.74) is 2.40. The van der Waals surface area contributed by atoms with Gasteiger partial charge in [0.05, 0.1) is 16.2 Å². The van der Waals surface area contributed by atoms with E-state index < -0.39 is 11.7 Å². The number of hydrogen-bond acceptors (Lipinski definition) is 6. The number of hydrogen-bond donors (Lipinski definition) is 3. The lowest BCUT2D eigenvalue weighted by Crippen LogP contribution is -2.36. The highest BCUT2D eigenvalue weighted by Crippen LogP contribution is 2.19. The van der Waals surface area contributed by atoms with Gasteiger partial charge in [-0.1, -0.05) is 11.6 Å². The van der Waals surface area contributed by atoms with Crippen LogP contribution in [0.3, 0.4) is 0 Å². The third kappa shape index (κ3) is 4.53. The molecule has 2 aromatic heterocycles. The number of guanidine groups is 1. The molecule has 0 atom stereocenters. The number of carbonyl (C=O) groups is 1. The van der Waals surface area contributed by atoms with E-state index in [0.29, 0.717) is 33.2 Å². The number of H-pyrrole nitrogens is 1. The van der Waals surface area contributed by atoms with Gasteiger partial charge in [-0.15, -0.1) is 11.3 Å². The summed E-state index contributed by atoms with van der Waals surface area (Å²) in [4.78, 5) is 35.1. The van der Waals surface area contributed by atoms with Crippen molar-refractivity contribution in [3.05, 3.63) is 74.1 Å². The van der Waals surface area contributed by atoms with Gasteiger partial charge in [-0.2, -0.15) is 0 Å². The van der Waals surface area contributed by atoms with Crippen molar-refractivity contribution in [3.8, 4) is 0 Å². The Bertz CT molecular complexity index is 1270. The number of oxazole rings is 1. The van der Waals surface area contributed by atoms with Gasteiger partial charge in [0.25, 0.3) is 5.91 Å². The number of nitrogens with one attached hydrogen (secondary N) is 3. The summed E-state index contributed by atoms with van der Waals surface area (Å²) in [6.07, 6.45) is 0. The Kier molecular flexibility index (Phi) is 5.15. The van der Waals surface area contributed by atoms with Gasteiger partial charge in [-0.05, 0) is 43.3 Å². The van der Waals surface area contributed by atoms with E-state index in [2.05, 4.69) is 25.6 Å². The Balaban J connectivity index is 1.65. The number of aryl methyl sites for hydroxylation is 1. The molecule has 0 saturated heterocycles. The van der Waals surface area contributed by atoms with Crippen molar-refractivity contribution < 1.29 is 9.21 Å². The molecule has 0 aliphatic carbocycles. The summed E-state index contributed by atoms with van der Waals surface area (Å²) in [5.74, 6) is -0.761. The van der Waals surface area contributed by atoms with E-state index >= 15 is 0 Å². The first-order valence-corrected chi connectivity index (χ1v) is 9.70. The fraction of sp³-hybridized carbons (Fsp3) is 0.0526. The zero-order valence-corrected chi connectivity index (χ0v) is 16.6. The molecule has 29 heavy (non-hydrogen) atoms. The minimum absolute atomic E-state index is 0.181. The summed E-state index contributed by atoms with van der Waals surface area (Å²) >= 11 is 7.30. The lowest BCUT2D eigenvalue weighted by Gasteiger charge is -2.11. The molecule has 0 spiro atoms. The predicted molar refractivity (Wildman–Crippen MR) is 113 cm³/mol. The van der Waals surface area contributed by atoms with Crippen molar-refractivity contribution in [2.24, 2.45) is 4.99 Å². The second-order valence-electron chi connectivity index (χ2n) is 5.99. The number of rotatable bonds is 3. The second-order valence-corrected chi connectivity index (χ2v) is 7.49. The zero-order chi connectivity index (χ0) is 20.4. The molecule has 2 heterocycles. The number of aromatic nitrogens is 2. The first-order valence-electron chi connectivity index (χ1n) is 8.44. The topological polar surface area (TPSA) is 112 Å². The molecule has 4 aromatic rings. The molecule has 0 aliphatic heterocycles. The van der Waals surface area contributed by atoms with E-state index in [1.54, 1.807) is 47.8 Å². The number of amides is 1. The summed E-state index contributed by atoms with van der Waals surface area (Å²) in [6, 6.07) is 11.9. The fourth-order valence-electron chi connectivity index (χ4n) is 2.53. The molecule has 4 rings (SSSR count). The molecule has 0 aliphatic rings. The van der Waals surface area contributed by atoms with Crippen LogP contribution in [0.1, 0.15) is 15.5 Å². The van der Waals surface area contributed by atoms with E-state index in [0.717, 1.165) is 5.01 Å². The molecule has 2 aromatic carbocycles. The van der Waals surface area contributed by atoms with Crippen molar-refractivity contribution in [2.45, 2.75) is 6.92 Å². The van der Waals surface area contributed by atoms with Gasteiger partial charge in [0.2, 0.25) is 5.96 Å². The number of benzene rings is 2. The molecule has 0 radical (unpaired) electrons. The Hall–Kier alpha value is -3.43. The van der Waals surface area contributed by atoms with E-state index in [9.17, 15) is 9.59 Å².